The summed E-state index contributed by atoms with van der Waals surface area (Å²) >= 11 is 0. The van der Waals surface area contributed by atoms with Gasteiger partial charge < -0.3 is 15.6 Å². The van der Waals surface area contributed by atoms with Crippen LogP contribution >= 0.6 is 0 Å². The molecule has 0 spiro atoms. The second kappa shape index (κ2) is 8.61. The summed E-state index contributed by atoms with van der Waals surface area (Å²) in [5, 5.41) is 5.64. The number of anilines is 1. The Bertz CT molecular complexity index is 1160. The molecule has 4 rings (SSSR count). The van der Waals surface area contributed by atoms with Crippen LogP contribution in [0.1, 0.15) is 22.3 Å². The zero-order chi connectivity index (χ0) is 20.9. The fraction of sp³-hybridized carbons (Fsp3) is 0.125. The summed E-state index contributed by atoms with van der Waals surface area (Å²) in [6.07, 6.45) is 0.197. The minimum Gasteiger partial charge on any atom is -0.352 e. The molecule has 0 atom stereocenters. The summed E-state index contributed by atoms with van der Waals surface area (Å²) in [7, 11) is 0. The van der Waals surface area contributed by atoms with Gasteiger partial charge in [-0.15, -0.1) is 0 Å². The van der Waals surface area contributed by atoms with Crippen molar-refractivity contribution in [1.82, 2.24) is 15.3 Å². The molecule has 3 N–H and O–H groups in total. The second-order valence-electron chi connectivity index (χ2n) is 7.05. The highest BCUT2D eigenvalue weighted by Crippen LogP contribution is 2.22. The van der Waals surface area contributed by atoms with Crippen molar-refractivity contribution in [3.63, 3.8) is 0 Å². The quantitative estimate of drug-likeness (QED) is 0.453. The van der Waals surface area contributed by atoms with Gasteiger partial charge in [0.2, 0.25) is 5.91 Å². The number of fused-ring (bicyclic) bond motifs is 1. The van der Waals surface area contributed by atoms with Crippen molar-refractivity contribution < 1.29 is 9.59 Å². The molecule has 30 heavy (non-hydrogen) atoms. The van der Waals surface area contributed by atoms with Gasteiger partial charge in [0, 0.05) is 29.8 Å². The molecule has 6 nitrogen and oxygen atoms in total. The van der Waals surface area contributed by atoms with Crippen LogP contribution < -0.4 is 10.6 Å². The summed E-state index contributed by atoms with van der Waals surface area (Å²) in [5.74, 6) is 0.459. The standard InChI is InChI=1S/C24H22N4O2/c1-16-6-2-3-7-19(16)24(30)25-15-14-22(29)26-18-12-10-17(11-13-18)23-27-20-8-4-5-9-21(20)28-23/h2-13H,14-15H2,1H3,(H,25,30)(H,26,29)(H,27,28). The van der Waals surface area contributed by atoms with Crippen LogP contribution in [0.25, 0.3) is 22.4 Å². The van der Waals surface area contributed by atoms with E-state index in [-0.39, 0.29) is 24.8 Å². The van der Waals surface area contributed by atoms with E-state index in [9.17, 15) is 9.59 Å². The van der Waals surface area contributed by atoms with Crippen LogP contribution in [0.4, 0.5) is 5.69 Å². The molecule has 0 fully saturated rings. The normalized spacial score (nSPS) is 10.7. The third kappa shape index (κ3) is 4.38. The number of amides is 2. The first-order valence-electron chi connectivity index (χ1n) is 9.79. The van der Waals surface area contributed by atoms with E-state index in [1.54, 1.807) is 6.07 Å². The van der Waals surface area contributed by atoms with Crippen LogP contribution in [0.5, 0.6) is 0 Å². The first kappa shape index (κ1) is 19.4. The van der Waals surface area contributed by atoms with Crippen molar-refractivity contribution >= 4 is 28.5 Å². The number of carbonyl (C=O) groups is 2. The highest BCUT2D eigenvalue weighted by Gasteiger charge is 2.09. The maximum atomic E-state index is 12.2. The smallest absolute Gasteiger partial charge is 0.251 e. The zero-order valence-electron chi connectivity index (χ0n) is 16.6. The molecule has 0 aliphatic heterocycles. The fourth-order valence-corrected chi connectivity index (χ4v) is 3.24. The molecule has 3 aromatic carbocycles. The van der Waals surface area contributed by atoms with Crippen molar-refractivity contribution in [2.45, 2.75) is 13.3 Å². The van der Waals surface area contributed by atoms with Crippen molar-refractivity contribution in [3.05, 3.63) is 83.9 Å². The molecular weight excluding hydrogens is 376 g/mol. The van der Waals surface area contributed by atoms with Crippen LogP contribution in [-0.2, 0) is 4.79 Å². The van der Waals surface area contributed by atoms with E-state index in [2.05, 4.69) is 20.6 Å². The number of H-pyrrole nitrogens is 1. The van der Waals surface area contributed by atoms with Crippen LogP contribution in [0.15, 0.2) is 72.8 Å². The molecule has 0 aliphatic rings. The molecule has 0 unspecified atom stereocenters. The third-order valence-corrected chi connectivity index (χ3v) is 4.86. The van der Waals surface area contributed by atoms with Crippen LogP contribution in [0.3, 0.4) is 0 Å². The number of aromatic nitrogens is 2. The van der Waals surface area contributed by atoms with Crippen molar-refractivity contribution in [1.29, 1.82) is 0 Å². The van der Waals surface area contributed by atoms with Crippen LogP contribution in [0.2, 0.25) is 0 Å². The van der Waals surface area contributed by atoms with E-state index in [0.717, 1.165) is 28.0 Å². The number of carbonyl (C=O) groups excluding carboxylic acids is 2. The average molecular weight is 398 g/mol. The van der Waals surface area contributed by atoms with E-state index in [1.165, 1.54) is 0 Å². The lowest BCUT2D eigenvalue weighted by atomic mass is 10.1. The topological polar surface area (TPSA) is 86.9 Å². The third-order valence-electron chi connectivity index (χ3n) is 4.86. The Labute approximate surface area is 174 Å². The lowest BCUT2D eigenvalue weighted by molar-refractivity contribution is -0.116. The molecule has 0 bridgehead atoms. The van der Waals surface area contributed by atoms with Gasteiger partial charge in [-0.3, -0.25) is 9.59 Å². The van der Waals surface area contributed by atoms with E-state index in [4.69, 9.17) is 0 Å². The molecule has 4 aromatic rings. The fourth-order valence-electron chi connectivity index (χ4n) is 3.24. The number of aryl methyl sites for hydroxylation is 1. The van der Waals surface area contributed by atoms with Gasteiger partial charge >= 0.3 is 0 Å². The van der Waals surface area contributed by atoms with Crippen molar-refractivity contribution in [3.8, 4) is 11.4 Å². The first-order chi connectivity index (χ1) is 14.6. The molecule has 0 aliphatic carbocycles. The Hall–Kier alpha value is -3.93. The molecule has 150 valence electrons. The van der Waals surface area contributed by atoms with Gasteiger partial charge in [0.05, 0.1) is 11.0 Å². The maximum absolute atomic E-state index is 12.2. The minimum atomic E-state index is -0.170. The van der Waals surface area contributed by atoms with E-state index >= 15 is 0 Å². The number of benzene rings is 3. The number of hydrogen-bond acceptors (Lipinski definition) is 3. The van der Waals surface area contributed by atoms with Gasteiger partial charge in [-0.05, 0) is 55.0 Å². The number of nitrogens with zero attached hydrogens (tertiary/aromatic N) is 1. The molecule has 1 heterocycles. The first-order valence-corrected chi connectivity index (χ1v) is 9.79. The van der Waals surface area contributed by atoms with Gasteiger partial charge in [-0.2, -0.15) is 0 Å². The summed E-state index contributed by atoms with van der Waals surface area (Å²) in [5.41, 5.74) is 5.07. The average Bonchev–Trinajstić information content (AvgIpc) is 3.19. The Morgan fingerprint density at radius 3 is 2.43 bits per heavy atom. The molecule has 0 saturated heterocycles. The molecular formula is C24H22N4O2. The Morgan fingerprint density at radius 1 is 0.933 bits per heavy atom. The number of hydrogen-bond donors (Lipinski definition) is 3. The van der Waals surface area contributed by atoms with E-state index in [1.807, 2.05) is 73.7 Å². The van der Waals surface area contributed by atoms with Gasteiger partial charge in [0.25, 0.3) is 5.91 Å². The zero-order valence-corrected chi connectivity index (χ0v) is 16.6. The van der Waals surface area contributed by atoms with Crippen molar-refractivity contribution in [2.75, 3.05) is 11.9 Å². The predicted molar refractivity (Wildman–Crippen MR) is 118 cm³/mol. The number of para-hydroxylation sites is 2. The second-order valence-corrected chi connectivity index (χ2v) is 7.05. The molecule has 1 aromatic heterocycles. The van der Waals surface area contributed by atoms with Crippen molar-refractivity contribution in [2.24, 2.45) is 0 Å². The SMILES string of the molecule is Cc1ccccc1C(=O)NCCC(=O)Nc1ccc(-c2nc3ccccc3[nH]2)cc1. The number of nitrogens with one attached hydrogen (secondary N) is 3. The van der Waals surface area contributed by atoms with Crippen LogP contribution in [-0.4, -0.2) is 28.3 Å². The lowest BCUT2D eigenvalue weighted by Crippen LogP contribution is -2.28. The Balaban J connectivity index is 1.30. The number of imidazole rings is 1. The monoisotopic (exact) mass is 398 g/mol. The molecule has 2 amide bonds. The number of rotatable bonds is 6. The summed E-state index contributed by atoms with van der Waals surface area (Å²) in [6.45, 7) is 2.16. The Morgan fingerprint density at radius 2 is 1.67 bits per heavy atom. The van der Waals surface area contributed by atoms with E-state index < -0.39 is 0 Å². The summed E-state index contributed by atoms with van der Waals surface area (Å²) in [6, 6.07) is 22.7. The maximum Gasteiger partial charge on any atom is 0.251 e. The largest absolute Gasteiger partial charge is 0.352 e. The summed E-state index contributed by atoms with van der Waals surface area (Å²) in [4.78, 5) is 32.2. The van der Waals surface area contributed by atoms with E-state index in [0.29, 0.717) is 11.3 Å². The van der Waals surface area contributed by atoms with Gasteiger partial charge in [-0.1, -0.05) is 30.3 Å². The summed E-state index contributed by atoms with van der Waals surface area (Å²) < 4.78 is 0. The van der Waals surface area contributed by atoms with Gasteiger partial charge in [0.15, 0.2) is 0 Å². The van der Waals surface area contributed by atoms with Gasteiger partial charge in [0.1, 0.15) is 5.82 Å². The molecule has 6 heteroatoms. The molecule has 0 radical (unpaired) electrons. The lowest BCUT2D eigenvalue weighted by Gasteiger charge is -2.08. The highest BCUT2D eigenvalue weighted by atomic mass is 16.2. The highest BCUT2D eigenvalue weighted by molar-refractivity contribution is 5.96. The number of aromatic amines is 1. The van der Waals surface area contributed by atoms with Crippen LogP contribution in [0, 0.1) is 6.92 Å². The Kier molecular flexibility index (Phi) is 5.57. The minimum absolute atomic E-state index is 0.156. The molecule has 0 saturated carbocycles. The van der Waals surface area contributed by atoms with Gasteiger partial charge in [-0.25, -0.2) is 4.98 Å². The predicted octanol–water partition coefficient (Wildman–Crippen LogP) is 4.30.